The quantitative estimate of drug-likeness (QED) is 0.516. The summed E-state index contributed by atoms with van der Waals surface area (Å²) in [4.78, 5) is 10.2. The van der Waals surface area contributed by atoms with Gasteiger partial charge in [0, 0.05) is 56.0 Å². The summed E-state index contributed by atoms with van der Waals surface area (Å²) in [7, 11) is 3.77. The van der Waals surface area contributed by atoms with E-state index in [2.05, 4.69) is 56.6 Å². The standard InChI is InChI=1S/C22H30N6O/c1-4-16-6-5-7-19-17(12-25-21(16)19)8-9-24-22(23-2)28-10-11-29-20(15-28)18-13-26-27(3)14-18/h5-7,12-14,20,25H,4,8-11,15H2,1-3H3,(H,23,24). The number of morpholine rings is 1. The molecule has 3 heterocycles. The molecule has 0 spiro atoms. The third-order valence-corrected chi connectivity index (χ3v) is 5.62. The number of ether oxygens (including phenoxy) is 1. The summed E-state index contributed by atoms with van der Waals surface area (Å²) in [5.74, 6) is 0.927. The number of benzene rings is 1. The number of aromatic nitrogens is 3. The van der Waals surface area contributed by atoms with E-state index < -0.39 is 0 Å². The topological polar surface area (TPSA) is 70.5 Å². The lowest BCUT2D eigenvalue weighted by atomic mass is 10.1. The van der Waals surface area contributed by atoms with Crippen molar-refractivity contribution in [2.24, 2.45) is 12.0 Å². The van der Waals surface area contributed by atoms with Gasteiger partial charge in [0.2, 0.25) is 0 Å². The predicted octanol–water partition coefficient (Wildman–Crippen LogP) is 2.66. The van der Waals surface area contributed by atoms with E-state index in [4.69, 9.17) is 4.74 Å². The van der Waals surface area contributed by atoms with E-state index >= 15 is 0 Å². The fraction of sp³-hybridized carbons (Fsp3) is 0.455. The van der Waals surface area contributed by atoms with Gasteiger partial charge in [-0.25, -0.2) is 0 Å². The Bertz CT molecular complexity index is 988. The highest BCUT2D eigenvalue weighted by Crippen LogP contribution is 2.23. The van der Waals surface area contributed by atoms with Crippen molar-refractivity contribution in [3.8, 4) is 0 Å². The number of aromatic amines is 1. The molecular weight excluding hydrogens is 364 g/mol. The molecule has 1 fully saturated rings. The van der Waals surface area contributed by atoms with E-state index in [0.29, 0.717) is 6.61 Å². The summed E-state index contributed by atoms with van der Waals surface area (Å²) in [6.45, 7) is 5.33. The number of aryl methyl sites for hydroxylation is 2. The first-order chi connectivity index (χ1) is 14.2. The molecule has 7 nitrogen and oxygen atoms in total. The van der Waals surface area contributed by atoms with Gasteiger partial charge in [-0.3, -0.25) is 9.67 Å². The van der Waals surface area contributed by atoms with E-state index in [1.165, 1.54) is 22.0 Å². The molecule has 3 aromatic rings. The normalized spacial score (nSPS) is 17.8. The minimum Gasteiger partial charge on any atom is -0.370 e. The Kier molecular flexibility index (Phi) is 5.85. The summed E-state index contributed by atoms with van der Waals surface area (Å²) in [5, 5.41) is 9.12. The van der Waals surface area contributed by atoms with Crippen LogP contribution in [-0.4, -0.2) is 58.9 Å². The second-order valence-corrected chi connectivity index (χ2v) is 7.48. The van der Waals surface area contributed by atoms with E-state index in [0.717, 1.165) is 44.0 Å². The Balaban J connectivity index is 1.37. The van der Waals surface area contributed by atoms with Crippen molar-refractivity contribution in [3.63, 3.8) is 0 Å². The van der Waals surface area contributed by atoms with E-state index in [1.807, 2.05) is 31.2 Å². The molecule has 2 N–H and O–H groups in total. The van der Waals surface area contributed by atoms with Gasteiger partial charge in [0.15, 0.2) is 5.96 Å². The maximum Gasteiger partial charge on any atom is 0.193 e. The van der Waals surface area contributed by atoms with Crippen LogP contribution < -0.4 is 5.32 Å². The second-order valence-electron chi connectivity index (χ2n) is 7.48. The molecule has 0 amide bonds. The lowest BCUT2D eigenvalue weighted by molar-refractivity contribution is -0.00800. The molecule has 0 radical (unpaired) electrons. The average Bonchev–Trinajstić information content (AvgIpc) is 3.37. The number of rotatable bonds is 5. The highest BCUT2D eigenvalue weighted by molar-refractivity contribution is 5.86. The zero-order chi connectivity index (χ0) is 20.2. The fourth-order valence-corrected chi connectivity index (χ4v) is 4.07. The van der Waals surface area contributed by atoms with Crippen molar-refractivity contribution in [2.45, 2.75) is 25.9 Å². The minimum atomic E-state index is 0.0251. The molecule has 1 atom stereocenters. The number of para-hydroxylation sites is 1. The average molecular weight is 395 g/mol. The number of nitrogens with zero attached hydrogens (tertiary/aromatic N) is 4. The lowest BCUT2D eigenvalue weighted by Crippen LogP contribution is -2.48. The Morgan fingerprint density at radius 1 is 1.38 bits per heavy atom. The summed E-state index contributed by atoms with van der Waals surface area (Å²) in [6.07, 6.45) is 8.05. The number of guanidine groups is 1. The van der Waals surface area contributed by atoms with Crippen molar-refractivity contribution in [1.82, 2.24) is 25.0 Å². The second kappa shape index (κ2) is 8.69. The van der Waals surface area contributed by atoms with Gasteiger partial charge in [-0.1, -0.05) is 25.1 Å². The van der Waals surface area contributed by atoms with Gasteiger partial charge in [-0.2, -0.15) is 5.10 Å². The van der Waals surface area contributed by atoms with Gasteiger partial charge in [0.05, 0.1) is 19.3 Å². The van der Waals surface area contributed by atoms with Gasteiger partial charge >= 0.3 is 0 Å². The molecular formula is C22H30N6O. The zero-order valence-electron chi connectivity index (χ0n) is 17.5. The van der Waals surface area contributed by atoms with Crippen LogP contribution in [0.2, 0.25) is 0 Å². The molecule has 29 heavy (non-hydrogen) atoms. The van der Waals surface area contributed by atoms with E-state index in [1.54, 1.807) is 0 Å². The lowest BCUT2D eigenvalue weighted by Gasteiger charge is -2.34. The van der Waals surface area contributed by atoms with Crippen LogP contribution in [-0.2, 0) is 24.6 Å². The van der Waals surface area contributed by atoms with Crippen LogP contribution in [0.4, 0.5) is 0 Å². The van der Waals surface area contributed by atoms with Crippen LogP contribution in [0.3, 0.4) is 0 Å². The van der Waals surface area contributed by atoms with Crippen molar-refractivity contribution in [1.29, 1.82) is 0 Å². The molecule has 1 saturated heterocycles. The Morgan fingerprint density at radius 2 is 2.28 bits per heavy atom. The Labute approximate surface area is 171 Å². The minimum absolute atomic E-state index is 0.0251. The molecule has 0 aliphatic carbocycles. The first-order valence-electron chi connectivity index (χ1n) is 10.3. The van der Waals surface area contributed by atoms with Crippen LogP contribution >= 0.6 is 0 Å². The smallest absolute Gasteiger partial charge is 0.193 e. The fourth-order valence-electron chi connectivity index (χ4n) is 4.07. The molecule has 1 aliphatic heterocycles. The van der Waals surface area contributed by atoms with E-state index in [9.17, 15) is 0 Å². The number of fused-ring (bicyclic) bond motifs is 1. The third kappa shape index (κ3) is 4.15. The monoisotopic (exact) mass is 394 g/mol. The zero-order valence-corrected chi connectivity index (χ0v) is 17.5. The van der Waals surface area contributed by atoms with Crippen LogP contribution in [0.25, 0.3) is 10.9 Å². The third-order valence-electron chi connectivity index (χ3n) is 5.62. The maximum absolute atomic E-state index is 5.95. The molecule has 2 aromatic heterocycles. The van der Waals surface area contributed by atoms with Crippen LogP contribution in [0.15, 0.2) is 41.8 Å². The summed E-state index contributed by atoms with van der Waals surface area (Å²) < 4.78 is 7.77. The summed E-state index contributed by atoms with van der Waals surface area (Å²) in [6, 6.07) is 6.55. The van der Waals surface area contributed by atoms with Gasteiger partial charge in [0.25, 0.3) is 0 Å². The number of aliphatic imine (C=N–C) groups is 1. The van der Waals surface area contributed by atoms with Crippen LogP contribution in [0.1, 0.15) is 29.7 Å². The Morgan fingerprint density at radius 3 is 3.03 bits per heavy atom. The summed E-state index contributed by atoms with van der Waals surface area (Å²) in [5.41, 5.74) is 5.08. The summed E-state index contributed by atoms with van der Waals surface area (Å²) >= 11 is 0. The molecule has 1 unspecified atom stereocenters. The first-order valence-corrected chi connectivity index (χ1v) is 10.3. The number of nitrogens with one attached hydrogen (secondary N) is 2. The van der Waals surface area contributed by atoms with E-state index in [-0.39, 0.29) is 6.10 Å². The largest absolute Gasteiger partial charge is 0.370 e. The molecule has 7 heteroatoms. The van der Waals surface area contributed by atoms with Crippen LogP contribution in [0.5, 0.6) is 0 Å². The highest BCUT2D eigenvalue weighted by Gasteiger charge is 2.25. The molecule has 1 aromatic carbocycles. The van der Waals surface area contributed by atoms with Crippen molar-refractivity contribution in [2.75, 3.05) is 33.3 Å². The maximum atomic E-state index is 5.95. The SMILES string of the molecule is CCc1cccc2c(CCNC(=NC)N3CCOC(c4cnn(C)c4)C3)c[nH]c12. The van der Waals surface area contributed by atoms with Crippen molar-refractivity contribution < 1.29 is 4.74 Å². The predicted molar refractivity (Wildman–Crippen MR) is 116 cm³/mol. The van der Waals surface area contributed by atoms with Crippen molar-refractivity contribution in [3.05, 3.63) is 53.5 Å². The highest BCUT2D eigenvalue weighted by atomic mass is 16.5. The number of hydrogen-bond acceptors (Lipinski definition) is 3. The molecule has 4 rings (SSSR count). The van der Waals surface area contributed by atoms with Crippen molar-refractivity contribution >= 4 is 16.9 Å². The van der Waals surface area contributed by atoms with Gasteiger partial charge < -0.3 is 19.9 Å². The molecule has 154 valence electrons. The van der Waals surface area contributed by atoms with Gasteiger partial charge in [-0.05, 0) is 24.0 Å². The Hall–Kier alpha value is -2.80. The van der Waals surface area contributed by atoms with Gasteiger partial charge in [0.1, 0.15) is 6.10 Å². The molecule has 0 bridgehead atoms. The number of hydrogen-bond donors (Lipinski definition) is 2. The van der Waals surface area contributed by atoms with Crippen LogP contribution in [0, 0.1) is 0 Å². The first kappa shape index (κ1) is 19.5. The molecule has 0 saturated carbocycles. The van der Waals surface area contributed by atoms with Gasteiger partial charge in [-0.15, -0.1) is 0 Å². The molecule has 1 aliphatic rings. The number of H-pyrrole nitrogens is 1.